The van der Waals surface area contributed by atoms with E-state index in [1.54, 1.807) is 41.3 Å². The number of amides is 1. The number of carbonyl (C=O) groups is 1. The summed E-state index contributed by atoms with van der Waals surface area (Å²) >= 11 is 0. The van der Waals surface area contributed by atoms with E-state index in [1.807, 2.05) is 36.4 Å². The molecule has 3 aromatic carbocycles. The van der Waals surface area contributed by atoms with E-state index < -0.39 is 10.0 Å². The van der Waals surface area contributed by atoms with Crippen LogP contribution >= 0.6 is 0 Å². The second-order valence-corrected chi connectivity index (χ2v) is 9.16. The topological polar surface area (TPSA) is 90.7 Å². The number of benzene rings is 3. The summed E-state index contributed by atoms with van der Waals surface area (Å²) in [7, 11) is -3.63. The number of piperazine rings is 1. The minimum atomic E-state index is -3.63. The summed E-state index contributed by atoms with van der Waals surface area (Å²) in [6.07, 6.45) is 0. The number of fused-ring (bicyclic) bond motifs is 1. The lowest BCUT2D eigenvalue weighted by Crippen LogP contribution is -2.51. The highest BCUT2D eigenvalue weighted by molar-refractivity contribution is 7.89. The van der Waals surface area contributed by atoms with Crippen molar-refractivity contribution in [2.24, 2.45) is 0 Å². The summed E-state index contributed by atoms with van der Waals surface area (Å²) in [5, 5.41) is 10.7. The van der Waals surface area contributed by atoms with E-state index in [0.29, 0.717) is 24.4 Å². The van der Waals surface area contributed by atoms with Gasteiger partial charge in [0, 0.05) is 26.2 Å². The smallest absolute Gasteiger partial charge is 0.260 e. The van der Waals surface area contributed by atoms with Crippen molar-refractivity contribution in [3.63, 3.8) is 0 Å². The molecule has 0 bridgehead atoms. The van der Waals surface area contributed by atoms with Crippen molar-refractivity contribution >= 4 is 26.7 Å². The number of nitrogens with zero attached hydrogens (tertiary/aromatic N) is 3. The third-order valence-corrected chi connectivity index (χ3v) is 7.19. The van der Waals surface area contributed by atoms with Gasteiger partial charge < -0.3 is 9.64 Å². The summed E-state index contributed by atoms with van der Waals surface area (Å²) in [6, 6.07) is 21.3. The second kappa shape index (κ2) is 8.76. The molecular weight excluding hydrogens is 414 g/mol. The van der Waals surface area contributed by atoms with Crippen molar-refractivity contribution in [2.75, 3.05) is 32.8 Å². The number of rotatable bonds is 5. The van der Waals surface area contributed by atoms with Crippen molar-refractivity contribution in [3.05, 3.63) is 72.3 Å². The van der Waals surface area contributed by atoms with E-state index in [2.05, 4.69) is 0 Å². The summed E-state index contributed by atoms with van der Waals surface area (Å²) in [5.74, 6) is 0.303. The van der Waals surface area contributed by atoms with Crippen LogP contribution in [0, 0.1) is 11.3 Å². The van der Waals surface area contributed by atoms with Crippen LogP contribution in [0.2, 0.25) is 0 Å². The molecule has 1 amide bonds. The number of ether oxygens (including phenoxy) is 1. The van der Waals surface area contributed by atoms with Crippen LogP contribution in [0.15, 0.2) is 71.6 Å². The van der Waals surface area contributed by atoms with Crippen LogP contribution in [0.5, 0.6) is 5.75 Å². The molecule has 0 spiro atoms. The van der Waals surface area contributed by atoms with Crippen molar-refractivity contribution in [1.29, 1.82) is 5.26 Å². The molecule has 0 unspecified atom stereocenters. The zero-order valence-electron chi connectivity index (χ0n) is 16.8. The summed E-state index contributed by atoms with van der Waals surface area (Å²) < 4.78 is 33.0. The third-order valence-electron chi connectivity index (χ3n) is 5.30. The molecule has 1 saturated heterocycles. The largest absolute Gasteiger partial charge is 0.484 e. The Bertz CT molecular complexity index is 1240. The lowest BCUT2D eigenvalue weighted by Gasteiger charge is -2.34. The van der Waals surface area contributed by atoms with E-state index in [4.69, 9.17) is 10.00 Å². The van der Waals surface area contributed by atoms with Gasteiger partial charge in [-0.3, -0.25) is 4.79 Å². The summed E-state index contributed by atoms with van der Waals surface area (Å²) in [6.45, 7) is 0.948. The lowest BCUT2D eigenvalue weighted by atomic mass is 10.1. The van der Waals surface area contributed by atoms with Gasteiger partial charge in [-0.05, 0) is 47.2 Å². The predicted molar refractivity (Wildman–Crippen MR) is 116 cm³/mol. The lowest BCUT2D eigenvalue weighted by molar-refractivity contribution is -0.134. The molecule has 0 saturated carbocycles. The maximum atomic E-state index is 13.0. The molecule has 1 aliphatic rings. The third kappa shape index (κ3) is 4.53. The first kappa shape index (κ1) is 20.8. The number of carbonyl (C=O) groups excluding carboxylic acids is 1. The van der Waals surface area contributed by atoms with Gasteiger partial charge in [-0.2, -0.15) is 9.57 Å². The molecular formula is C23H21N3O4S. The molecule has 1 fully saturated rings. The normalized spacial score (nSPS) is 14.9. The van der Waals surface area contributed by atoms with Crippen LogP contribution in [-0.4, -0.2) is 56.3 Å². The summed E-state index contributed by atoms with van der Waals surface area (Å²) in [5.41, 5.74) is 0.516. The van der Waals surface area contributed by atoms with Crippen LogP contribution in [0.25, 0.3) is 10.8 Å². The highest BCUT2D eigenvalue weighted by Gasteiger charge is 2.30. The van der Waals surface area contributed by atoms with Crippen LogP contribution in [0.1, 0.15) is 5.56 Å². The van der Waals surface area contributed by atoms with Crippen molar-refractivity contribution < 1.29 is 17.9 Å². The first-order valence-corrected chi connectivity index (χ1v) is 11.3. The van der Waals surface area contributed by atoms with Gasteiger partial charge in [0.25, 0.3) is 5.91 Å². The zero-order chi connectivity index (χ0) is 21.8. The van der Waals surface area contributed by atoms with E-state index in [-0.39, 0.29) is 30.5 Å². The Hall–Kier alpha value is -3.41. The fraction of sp³-hybridized carbons (Fsp3) is 0.217. The first-order chi connectivity index (χ1) is 15.0. The van der Waals surface area contributed by atoms with Gasteiger partial charge in [0.2, 0.25) is 10.0 Å². The molecule has 8 heteroatoms. The minimum absolute atomic E-state index is 0.136. The Labute approximate surface area is 181 Å². The Morgan fingerprint density at radius 1 is 0.935 bits per heavy atom. The molecule has 0 aliphatic carbocycles. The average Bonchev–Trinajstić information content (AvgIpc) is 2.82. The van der Waals surface area contributed by atoms with Gasteiger partial charge in [-0.25, -0.2) is 8.42 Å². The van der Waals surface area contributed by atoms with Crippen molar-refractivity contribution in [1.82, 2.24) is 9.21 Å². The van der Waals surface area contributed by atoms with Crippen molar-refractivity contribution in [2.45, 2.75) is 4.90 Å². The molecule has 1 aliphatic heterocycles. The molecule has 0 atom stereocenters. The minimum Gasteiger partial charge on any atom is -0.484 e. The van der Waals surface area contributed by atoms with Crippen LogP contribution in [0.4, 0.5) is 0 Å². The maximum absolute atomic E-state index is 13.0. The molecule has 158 valence electrons. The summed E-state index contributed by atoms with van der Waals surface area (Å²) in [4.78, 5) is 14.3. The number of sulfonamides is 1. The highest BCUT2D eigenvalue weighted by atomic mass is 32.2. The number of hydrogen-bond donors (Lipinski definition) is 0. The zero-order valence-corrected chi connectivity index (χ0v) is 17.6. The van der Waals surface area contributed by atoms with Gasteiger partial charge in [0.1, 0.15) is 5.75 Å². The second-order valence-electron chi connectivity index (χ2n) is 7.22. The predicted octanol–water partition coefficient (Wildman–Crippen LogP) is 2.62. The van der Waals surface area contributed by atoms with E-state index in [9.17, 15) is 13.2 Å². The Balaban J connectivity index is 1.35. The van der Waals surface area contributed by atoms with Gasteiger partial charge in [0.15, 0.2) is 6.61 Å². The molecule has 0 aromatic heterocycles. The van der Waals surface area contributed by atoms with Crippen molar-refractivity contribution in [3.8, 4) is 11.8 Å². The van der Waals surface area contributed by atoms with Gasteiger partial charge in [-0.1, -0.05) is 30.3 Å². The quantitative estimate of drug-likeness (QED) is 0.615. The first-order valence-electron chi connectivity index (χ1n) is 9.87. The molecule has 3 aromatic rings. The van der Waals surface area contributed by atoms with E-state index >= 15 is 0 Å². The van der Waals surface area contributed by atoms with Gasteiger partial charge >= 0.3 is 0 Å². The molecule has 7 nitrogen and oxygen atoms in total. The SMILES string of the molecule is N#Cc1ccc(OCC(=O)N2CCN(S(=O)(=O)c3ccc4ccccc4c3)CC2)cc1. The monoisotopic (exact) mass is 435 g/mol. The van der Waals surface area contributed by atoms with E-state index in [0.717, 1.165) is 10.8 Å². The molecule has 4 rings (SSSR count). The number of hydrogen-bond acceptors (Lipinski definition) is 5. The fourth-order valence-electron chi connectivity index (χ4n) is 3.52. The highest BCUT2D eigenvalue weighted by Crippen LogP contribution is 2.23. The Morgan fingerprint density at radius 3 is 2.29 bits per heavy atom. The van der Waals surface area contributed by atoms with Gasteiger partial charge in [-0.15, -0.1) is 0 Å². The fourth-order valence-corrected chi connectivity index (χ4v) is 4.97. The average molecular weight is 436 g/mol. The standard InChI is InChI=1S/C23H21N3O4S/c24-16-18-5-8-21(9-6-18)30-17-23(27)25-11-13-26(14-12-25)31(28,29)22-10-7-19-3-1-2-4-20(19)15-22/h1-10,15H,11-14,17H2. The molecule has 0 radical (unpaired) electrons. The molecule has 0 N–H and O–H groups in total. The van der Waals surface area contributed by atoms with E-state index in [1.165, 1.54) is 4.31 Å². The Kier molecular flexibility index (Phi) is 5.89. The van der Waals surface area contributed by atoms with Crippen LogP contribution in [0.3, 0.4) is 0 Å². The van der Waals surface area contributed by atoms with Crippen LogP contribution < -0.4 is 4.74 Å². The Morgan fingerprint density at radius 2 is 1.61 bits per heavy atom. The maximum Gasteiger partial charge on any atom is 0.260 e. The van der Waals surface area contributed by atoms with Gasteiger partial charge in [0.05, 0.1) is 16.5 Å². The molecule has 1 heterocycles. The van der Waals surface area contributed by atoms with Crippen LogP contribution in [-0.2, 0) is 14.8 Å². The molecule has 31 heavy (non-hydrogen) atoms. The number of nitriles is 1.